The number of anilines is 1. The lowest BCUT2D eigenvalue weighted by molar-refractivity contribution is 0.0687. The molecule has 0 aliphatic rings. The Bertz CT molecular complexity index is 271. The van der Waals surface area contributed by atoms with E-state index in [4.69, 9.17) is 5.73 Å². The average Bonchev–Trinajstić information content (AvgIpc) is 1.82. The van der Waals surface area contributed by atoms with E-state index in [1.807, 2.05) is 6.92 Å². The largest absolute Gasteiger partial charge is 0.384 e. The Labute approximate surface area is 71.5 Å². The molecule has 0 saturated heterocycles. The molecule has 1 rings (SSSR count). The first-order chi connectivity index (χ1) is 5.39. The van der Waals surface area contributed by atoms with Crippen LogP contribution in [0.2, 0.25) is 0 Å². The van der Waals surface area contributed by atoms with E-state index < -0.39 is 5.60 Å². The minimum atomic E-state index is -1.03. The van der Waals surface area contributed by atoms with E-state index in [2.05, 4.69) is 9.97 Å². The lowest BCUT2D eigenvalue weighted by Crippen LogP contribution is -2.20. The SMILES string of the molecule is Cc1cc(N)nc(C(C)(C)O)n1. The van der Waals surface area contributed by atoms with Crippen molar-refractivity contribution in [2.24, 2.45) is 0 Å². The fourth-order valence-corrected chi connectivity index (χ4v) is 0.867. The Hall–Kier alpha value is -1.16. The Morgan fingerprint density at radius 1 is 1.42 bits per heavy atom. The van der Waals surface area contributed by atoms with Gasteiger partial charge in [0.05, 0.1) is 0 Å². The van der Waals surface area contributed by atoms with Gasteiger partial charge >= 0.3 is 0 Å². The summed E-state index contributed by atoms with van der Waals surface area (Å²) in [5.74, 6) is 0.750. The lowest BCUT2D eigenvalue weighted by atomic mass is 10.1. The molecule has 1 aromatic heterocycles. The number of nitrogens with two attached hydrogens (primary N) is 1. The fraction of sp³-hybridized carbons (Fsp3) is 0.500. The normalized spacial score (nSPS) is 11.7. The Morgan fingerprint density at radius 3 is 2.42 bits per heavy atom. The first-order valence-corrected chi connectivity index (χ1v) is 3.73. The number of aliphatic hydroxyl groups is 1. The van der Waals surface area contributed by atoms with Crippen LogP contribution in [0.15, 0.2) is 6.07 Å². The summed E-state index contributed by atoms with van der Waals surface area (Å²) in [5, 5.41) is 9.56. The third kappa shape index (κ3) is 1.92. The summed E-state index contributed by atoms with van der Waals surface area (Å²) in [4.78, 5) is 7.99. The van der Waals surface area contributed by atoms with Gasteiger partial charge in [0.15, 0.2) is 5.82 Å². The summed E-state index contributed by atoms with van der Waals surface area (Å²) in [6.07, 6.45) is 0. The molecule has 0 aliphatic heterocycles. The summed E-state index contributed by atoms with van der Waals surface area (Å²) in [6, 6.07) is 1.66. The summed E-state index contributed by atoms with van der Waals surface area (Å²) in [5.41, 5.74) is 5.23. The zero-order valence-electron chi connectivity index (χ0n) is 7.50. The van der Waals surface area contributed by atoms with Crippen LogP contribution < -0.4 is 5.73 Å². The molecule has 4 nitrogen and oxygen atoms in total. The van der Waals surface area contributed by atoms with Gasteiger partial charge in [0.25, 0.3) is 0 Å². The highest BCUT2D eigenvalue weighted by molar-refractivity contribution is 5.30. The average molecular weight is 167 g/mol. The van der Waals surface area contributed by atoms with Crippen LogP contribution >= 0.6 is 0 Å². The number of nitrogens with zero attached hydrogens (tertiary/aromatic N) is 2. The highest BCUT2D eigenvalue weighted by Gasteiger charge is 2.19. The quantitative estimate of drug-likeness (QED) is 0.642. The molecule has 1 heterocycles. The van der Waals surface area contributed by atoms with Crippen LogP contribution in [0.5, 0.6) is 0 Å². The van der Waals surface area contributed by atoms with Crippen LogP contribution in [0.3, 0.4) is 0 Å². The number of hydrogen-bond acceptors (Lipinski definition) is 4. The van der Waals surface area contributed by atoms with Crippen LogP contribution in [0.4, 0.5) is 5.82 Å². The highest BCUT2D eigenvalue weighted by atomic mass is 16.3. The van der Waals surface area contributed by atoms with E-state index >= 15 is 0 Å². The second-order valence-electron chi connectivity index (χ2n) is 3.32. The molecule has 0 radical (unpaired) electrons. The molecule has 0 bridgehead atoms. The van der Waals surface area contributed by atoms with Gasteiger partial charge in [-0.2, -0.15) is 0 Å². The van der Waals surface area contributed by atoms with Crippen LogP contribution in [-0.4, -0.2) is 15.1 Å². The van der Waals surface area contributed by atoms with E-state index in [1.54, 1.807) is 19.9 Å². The maximum absolute atomic E-state index is 9.56. The molecular formula is C8H13N3O. The number of hydrogen-bond donors (Lipinski definition) is 2. The molecule has 12 heavy (non-hydrogen) atoms. The smallest absolute Gasteiger partial charge is 0.161 e. The lowest BCUT2D eigenvalue weighted by Gasteiger charge is -2.15. The molecule has 0 fully saturated rings. The van der Waals surface area contributed by atoms with Crippen LogP contribution in [0.1, 0.15) is 25.4 Å². The molecule has 0 aromatic carbocycles. The number of aryl methyl sites for hydroxylation is 1. The van der Waals surface area contributed by atoms with Gasteiger partial charge in [-0.15, -0.1) is 0 Å². The minimum Gasteiger partial charge on any atom is -0.384 e. The fourth-order valence-electron chi connectivity index (χ4n) is 0.867. The van der Waals surface area contributed by atoms with Gasteiger partial charge in [0.2, 0.25) is 0 Å². The second-order valence-corrected chi connectivity index (χ2v) is 3.32. The van der Waals surface area contributed by atoms with Crippen molar-refractivity contribution in [1.82, 2.24) is 9.97 Å². The minimum absolute atomic E-state index is 0.361. The topological polar surface area (TPSA) is 72.0 Å². The monoisotopic (exact) mass is 167 g/mol. The van der Waals surface area contributed by atoms with Crippen LogP contribution in [0, 0.1) is 6.92 Å². The number of nitrogen functional groups attached to an aromatic ring is 1. The van der Waals surface area contributed by atoms with Crippen molar-refractivity contribution in [2.75, 3.05) is 5.73 Å². The van der Waals surface area contributed by atoms with E-state index in [9.17, 15) is 5.11 Å². The zero-order chi connectivity index (χ0) is 9.35. The van der Waals surface area contributed by atoms with Gasteiger partial charge in [-0.25, -0.2) is 9.97 Å². The van der Waals surface area contributed by atoms with Crippen LogP contribution in [-0.2, 0) is 5.60 Å². The maximum Gasteiger partial charge on any atom is 0.161 e. The molecule has 66 valence electrons. The van der Waals surface area contributed by atoms with Gasteiger partial charge in [0, 0.05) is 11.8 Å². The first kappa shape index (κ1) is 8.93. The predicted octanol–water partition coefficient (Wildman–Crippen LogP) is 0.595. The maximum atomic E-state index is 9.56. The number of aromatic nitrogens is 2. The Morgan fingerprint density at radius 2 is 2.00 bits per heavy atom. The molecule has 0 aliphatic carbocycles. The van der Waals surface area contributed by atoms with Crippen molar-refractivity contribution >= 4 is 5.82 Å². The van der Waals surface area contributed by atoms with Crippen molar-refractivity contribution in [3.8, 4) is 0 Å². The standard InChI is InChI=1S/C8H13N3O/c1-5-4-6(9)11-7(10-5)8(2,3)12/h4,12H,1-3H3,(H2,9,10,11). The second kappa shape index (κ2) is 2.71. The molecule has 0 unspecified atom stereocenters. The highest BCUT2D eigenvalue weighted by Crippen LogP contribution is 2.16. The summed E-state index contributed by atoms with van der Waals surface area (Å²) in [7, 11) is 0. The van der Waals surface area contributed by atoms with Gasteiger partial charge in [-0.1, -0.05) is 0 Å². The molecule has 3 N–H and O–H groups in total. The van der Waals surface area contributed by atoms with Crippen molar-refractivity contribution < 1.29 is 5.11 Å². The van der Waals surface area contributed by atoms with E-state index in [1.165, 1.54) is 0 Å². The van der Waals surface area contributed by atoms with Gasteiger partial charge in [-0.3, -0.25) is 0 Å². The Balaban J connectivity index is 3.18. The van der Waals surface area contributed by atoms with Crippen molar-refractivity contribution in [2.45, 2.75) is 26.4 Å². The molecule has 0 saturated carbocycles. The molecule has 0 amide bonds. The molecule has 1 aromatic rings. The van der Waals surface area contributed by atoms with Crippen molar-refractivity contribution in [1.29, 1.82) is 0 Å². The third-order valence-electron chi connectivity index (χ3n) is 1.42. The summed E-state index contributed by atoms with van der Waals surface area (Å²) >= 11 is 0. The van der Waals surface area contributed by atoms with E-state index in [0.717, 1.165) is 5.69 Å². The van der Waals surface area contributed by atoms with Gasteiger partial charge in [-0.05, 0) is 20.8 Å². The predicted molar refractivity (Wildman–Crippen MR) is 46.4 cm³/mol. The van der Waals surface area contributed by atoms with Crippen molar-refractivity contribution in [3.05, 3.63) is 17.6 Å². The van der Waals surface area contributed by atoms with E-state index in [0.29, 0.717) is 11.6 Å². The third-order valence-corrected chi connectivity index (χ3v) is 1.42. The molecule has 4 heteroatoms. The zero-order valence-corrected chi connectivity index (χ0v) is 7.50. The number of rotatable bonds is 1. The summed E-state index contributed by atoms with van der Waals surface area (Å²) in [6.45, 7) is 5.07. The van der Waals surface area contributed by atoms with Gasteiger partial charge < -0.3 is 10.8 Å². The van der Waals surface area contributed by atoms with Crippen molar-refractivity contribution in [3.63, 3.8) is 0 Å². The van der Waals surface area contributed by atoms with Gasteiger partial charge in [0.1, 0.15) is 11.4 Å². The molecule has 0 spiro atoms. The van der Waals surface area contributed by atoms with Crippen LogP contribution in [0.25, 0.3) is 0 Å². The Kier molecular flexibility index (Phi) is 2.02. The molecular weight excluding hydrogens is 154 g/mol. The van der Waals surface area contributed by atoms with E-state index in [-0.39, 0.29) is 0 Å². The summed E-state index contributed by atoms with van der Waals surface area (Å²) < 4.78 is 0. The first-order valence-electron chi connectivity index (χ1n) is 3.73. The molecule has 0 atom stereocenters.